The van der Waals surface area contributed by atoms with E-state index in [-0.39, 0.29) is 0 Å². The van der Waals surface area contributed by atoms with Gasteiger partial charge in [-0.1, -0.05) is 29.8 Å². The highest BCUT2D eigenvalue weighted by molar-refractivity contribution is 6.31. The number of hydrogen-bond donors (Lipinski definition) is 1. The molecule has 0 aliphatic heterocycles. The average molecular weight is 368 g/mol. The Labute approximate surface area is 160 Å². The van der Waals surface area contributed by atoms with Gasteiger partial charge in [0.25, 0.3) is 0 Å². The van der Waals surface area contributed by atoms with E-state index in [0.717, 1.165) is 51.4 Å². The Morgan fingerprint density at radius 3 is 2.73 bits per heavy atom. The van der Waals surface area contributed by atoms with Gasteiger partial charge in [-0.3, -0.25) is 0 Å². The molecule has 0 bridgehead atoms. The van der Waals surface area contributed by atoms with E-state index in [4.69, 9.17) is 16.6 Å². The van der Waals surface area contributed by atoms with Gasteiger partial charge in [0.2, 0.25) is 0 Å². The maximum atomic E-state index is 6.25. The topological polar surface area (TPSA) is 28.2 Å². The van der Waals surface area contributed by atoms with Gasteiger partial charge in [0.1, 0.15) is 0 Å². The van der Waals surface area contributed by atoms with Crippen molar-refractivity contribution in [2.24, 2.45) is 5.92 Å². The fraction of sp³-hybridized carbons (Fsp3) is 0.409. The zero-order chi connectivity index (χ0) is 17.9. The highest BCUT2D eigenvalue weighted by Gasteiger charge is 2.22. The molecule has 26 heavy (non-hydrogen) atoms. The minimum Gasteiger partial charge on any atom is -0.384 e. The van der Waals surface area contributed by atoms with Crippen LogP contribution in [-0.2, 0) is 0 Å². The molecule has 136 valence electrons. The third-order valence-electron chi connectivity index (χ3n) is 5.18. The number of fused-ring (bicyclic) bond motifs is 2. The molecule has 1 aliphatic rings. The SMILES string of the molecule is CN(CCCCNc1c2ccccc2nc2ccc(Cl)cc12)CC1CC1. The van der Waals surface area contributed by atoms with Crippen molar-refractivity contribution in [2.75, 3.05) is 32.0 Å². The molecule has 3 nitrogen and oxygen atoms in total. The van der Waals surface area contributed by atoms with Crippen molar-refractivity contribution in [1.29, 1.82) is 0 Å². The fourth-order valence-corrected chi connectivity index (χ4v) is 3.78. The zero-order valence-corrected chi connectivity index (χ0v) is 16.1. The number of anilines is 1. The van der Waals surface area contributed by atoms with Crippen molar-refractivity contribution in [2.45, 2.75) is 25.7 Å². The number of nitrogens with one attached hydrogen (secondary N) is 1. The number of aromatic nitrogens is 1. The molecular weight excluding hydrogens is 342 g/mol. The predicted molar refractivity (Wildman–Crippen MR) is 112 cm³/mol. The van der Waals surface area contributed by atoms with Crippen molar-refractivity contribution in [3.63, 3.8) is 0 Å². The maximum absolute atomic E-state index is 6.25. The first-order chi connectivity index (χ1) is 12.7. The number of hydrogen-bond acceptors (Lipinski definition) is 3. The van der Waals surface area contributed by atoms with Gasteiger partial charge in [0, 0.05) is 28.9 Å². The summed E-state index contributed by atoms with van der Waals surface area (Å²) < 4.78 is 0. The average Bonchev–Trinajstić information content (AvgIpc) is 3.45. The van der Waals surface area contributed by atoms with E-state index >= 15 is 0 Å². The van der Waals surface area contributed by atoms with Crippen molar-refractivity contribution < 1.29 is 0 Å². The van der Waals surface area contributed by atoms with Gasteiger partial charge in [-0.25, -0.2) is 4.98 Å². The Balaban J connectivity index is 1.46. The quantitative estimate of drug-likeness (QED) is 0.416. The van der Waals surface area contributed by atoms with Crippen LogP contribution in [0.4, 0.5) is 5.69 Å². The van der Waals surface area contributed by atoms with Crippen LogP contribution >= 0.6 is 11.6 Å². The maximum Gasteiger partial charge on any atom is 0.0731 e. The van der Waals surface area contributed by atoms with E-state index in [1.807, 2.05) is 24.3 Å². The Bertz CT molecular complexity index is 904. The van der Waals surface area contributed by atoms with Crippen LogP contribution in [0.15, 0.2) is 42.5 Å². The van der Waals surface area contributed by atoms with Crippen molar-refractivity contribution in [3.8, 4) is 0 Å². The highest BCUT2D eigenvalue weighted by atomic mass is 35.5. The number of benzene rings is 2. The van der Waals surface area contributed by atoms with E-state index in [9.17, 15) is 0 Å². The molecule has 1 fully saturated rings. The molecule has 0 saturated heterocycles. The molecule has 1 N–H and O–H groups in total. The van der Waals surface area contributed by atoms with Gasteiger partial charge in [-0.05, 0) is 69.5 Å². The second kappa shape index (κ2) is 7.81. The van der Waals surface area contributed by atoms with Crippen molar-refractivity contribution in [1.82, 2.24) is 9.88 Å². The van der Waals surface area contributed by atoms with E-state index < -0.39 is 0 Å². The van der Waals surface area contributed by atoms with Crippen LogP contribution in [0.1, 0.15) is 25.7 Å². The Kier molecular flexibility index (Phi) is 5.28. The largest absolute Gasteiger partial charge is 0.384 e. The number of pyridine rings is 1. The van der Waals surface area contributed by atoms with Gasteiger partial charge in [-0.15, -0.1) is 0 Å². The second-order valence-corrected chi connectivity index (χ2v) is 7.94. The summed E-state index contributed by atoms with van der Waals surface area (Å²) >= 11 is 6.25. The Morgan fingerprint density at radius 2 is 1.88 bits per heavy atom. The molecule has 3 aromatic rings. The monoisotopic (exact) mass is 367 g/mol. The summed E-state index contributed by atoms with van der Waals surface area (Å²) in [6, 6.07) is 14.2. The fourth-order valence-electron chi connectivity index (χ4n) is 3.61. The summed E-state index contributed by atoms with van der Waals surface area (Å²) in [6.45, 7) is 3.42. The molecule has 0 unspecified atom stereocenters. The number of nitrogens with zero attached hydrogens (tertiary/aromatic N) is 2. The van der Waals surface area contributed by atoms with E-state index in [1.54, 1.807) is 0 Å². The molecule has 1 saturated carbocycles. The lowest BCUT2D eigenvalue weighted by Crippen LogP contribution is -2.22. The normalized spacial score (nSPS) is 14.4. The molecule has 1 heterocycles. The number of halogens is 1. The molecule has 2 aromatic carbocycles. The van der Waals surface area contributed by atoms with Crippen molar-refractivity contribution in [3.05, 3.63) is 47.5 Å². The molecule has 0 spiro atoms. The Hall–Kier alpha value is -1.84. The lowest BCUT2D eigenvalue weighted by molar-refractivity contribution is 0.314. The third-order valence-corrected chi connectivity index (χ3v) is 5.41. The van der Waals surface area contributed by atoms with Crippen molar-refractivity contribution >= 4 is 39.1 Å². The second-order valence-electron chi connectivity index (χ2n) is 7.50. The first-order valence-electron chi connectivity index (χ1n) is 9.61. The molecule has 0 amide bonds. The molecule has 1 aromatic heterocycles. The van der Waals surface area contributed by atoms with Crippen LogP contribution in [0.2, 0.25) is 5.02 Å². The van der Waals surface area contributed by atoms with Crippen LogP contribution in [0.5, 0.6) is 0 Å². The molecule has 4 heteroatoms. The van der Waals surface area contributed by atoms with Gasteiger partial charge >= 0.3 is 0 Å². The van der Waals surface area contributed by atoms with E-state index in [0.29, 0.717) is 0 Å². The smallest absolute Gasteiger partial charge is 0.0731 e. The molecule has 0 atom stereocenters. The van der Waals surface area contributed by atoms with Gasteiger partial charge in [0.05, 0.1) is 16.7 Å². The van der Waals surface area contributed by atoms with Crippen LogP contribution in [0, 0.1) is 5.92 Å². The van der Waals surface area contributed by atoms with Crippen LogP contribution < -0.4 is 5.32 Å². The first-order valence-corrected chi connectivity index (χ1v) is 9.99. The van der Waals surface area contributed by atoms with E-state index in [1.165, 1.54) is 32.4 Å². The first kappa shape index (κ1) is 17.6. The minimum atomic E-state index is 0.749. The Morgan fingerprint density at radius 1 is 1.08 bits per heavy atom. The third kappa shape index (κ3) is 4.11. The van der Waals surface area contributed by atoms with E-state index in [2.05, 4.69) is 35.5 Å². The predicted octanol–water partition coefficient (Wildman–Crippen LogP) is 5.58. The highest BCUT2D eigenvalue weighted by Crippen LogP contribution is 2.32. The summed E-state index contributed by atoms with van der Waals surface area (Å²) in [6.07, 6.45) is 5.24. The minimum absolute atomic E-state index is 0.749. The molecular formula is C22H26ClN3. The molecule has 1 aliphatic carbocycles. The van der Waals surface area contributed by atoms with Gasteiger partial charge in [0.15, 0.2) is 0 Å². The summed E-state index contributed by atoms with van der Waals surface area (Å²) in [4.78, 5) is 7.26. The summed E-state index contributed by atoms with van der Waals surface area (Å²) in [5.74, 6) is 0.970. The summed E-state index contributed by atoms with van der Waals surface area (Å²) in [7, 11) is 2.25. The lowest BCUT2D eigenvalue weighted by Gasteiger charge is -2.17. The van der Waals surface area contributed by atoms with Crippen LogP contribution in [0.3, 0.4) is 0 Å². The lowest BCUT2D eigenvalue weighted by atomic mass is 10.1. The number of para-hydroxylation sites is 1. The molecule has 0 radical (unpaired) electrons. The van der Waals surface area contributed by atoms with Crippen LogP contribution in [0.25, 0.3) is 21.8 Å². The number of rotatable bonds is 8. The van der Waals surface area contributed by atoms with Gasteiger partial charge in [-0.2, -0.15) is 0 Å². The molecule has 4 rings (SSSR count). The van der Waals surface area contributed by atoms with Crippen LogP contribution in [-0.4, -0.2) is 36.6 Å². The summed E-state index contributed by atoms with van der Waals surface area (Å²) in [5.41, 5.74) is 3.16. The zero-order valence-electron chi connectivity index (χ0n) is 15.3. The summed E-state index contributed by atoms with van der Waals surface area (Å²) in [5, 5.41) is 6.68. The van der Waals surface area contributed by atoms with Gasteiger partial charge < -0.3 is 10.2 Å². The standard InChI is InChI=1S/C22H26ClN3/c1-26(15-16-8-9-16)13-5-4-12-24-22-18-6-2-3-7-20(18)25-21-11-10-17(23)14-19(21)22/h2-3,6-7,10-11,14,16H,4-5,8-9,12-13,15H2,1H3,(H,24,25). The number of unbranched alkanes of at least 4 members (excludes halogenated alkanes) is 1.